The van der Waals surface area contributed by atoms with Crippen LogP contribution in [0.25, 0.3) is 0 Å². The first-order valence-electron chi connectivity index (χ1n) is 11.1. The van der Waals surface area contributed by atoms with Crippen LogP contribution in [-0.2, 0) is 13.1 Å². The normalized spacial score (nSPS) is 13.9. The zero-order valence-corrected chi connectivity index (χ0v) is 18.4. The van der Waals surface area contributed by atoms with Crippen molar-refractivity contribution in [1.82, 2.24) is 0 Å². The molecule has 0 saturated carbocycles. The molecule has 31 heavy (non-hydrogen) atoms. The van der Waals surface area contributed by atoms with Crippen LogP contribution in [0.1, 0.15) is 42.4 Å². The fourth-order valence-corrected chi connectivity index (χ4v) is 4.03. The molecule has 0 aliphatic rings. The molecule has 0 fully saturated rings. The number of nitrogens with zero attached hydrogens (tertiary/aromatic N) is 1. The number of hydrogen-bond acceptors (Lipinski definition) is 3. The third-order valence-electron chi connectivity index (χ3n) is 5.86. The summed E-state index contributed by atoms with van der Waals surface area (Å²) in [5.41, 5.74) is 11.1. The number of rotatable bonds is 11. The van der Waals surface area contributed by atoms with Crippen molar-refractivity contribution in [3.63, 3.8) is 0 Å². The standard InChI is InChI=1S/C28H34N2O/c1-3-4-18-26(29)28(31)22(2)25-17-11-12-19-27(25)30(20-23-13-7-5-8-14-23)21-24-15-9-6-10-16-24/h3,5-17,19,22,26,28,31H,1,4,18,20-21,29H2,2H3/t22-,26?,28+/m0/s1. The Morgan fingerprint density at radius 3 is 1.94 bits per heavy atom. The van der Waals surface area contributed by atoms with Gasteiger partial charge in [-0.15, -0.1) is 6.58 Å². The highest BCUT2D eigenvalue weighted by molar-refractivity contribution is 5.56. The van der Waals surface area contributed by atoms with Crippen LogP contribution in [0.4, 0.5) is 5.69 Å². The summed E-state index contributed by atoms with van der Waals surface area (Å²) in [5.74, 6) is -0.0786. The Labute approximate surface area is 186 Å². The Balaban J connectivity index is 1.92. The second-order valence-electron chi connectivity index (χ2n) is 8.20. The van der Waals surface area contributed by atoms with Gasteiger partial charge in [0.05, 0.1) is 6.10 Å². The van der Waals surface area contributed by atoms with Crippen molar-refractivity contribution in [2.45, 2.75) is 50.9 Å². The highest BCUT2D eigenvalue weighted by Gasteiger charge is 2.26. The van der Waals surface area contributed by atoms with E-state index in [0.717, 1.165) is 37.2 Å². The first-order valence-corrected chi connectivity index (χ1v) is 11.1. The predicted molar refractivity (Wildman–Crippen MR) is 131 cm³/mol. The molecule has 0 bridgehead atoms. The minimum absolute atomic E-state index is 0.0786. The lowest BCUT2D eigenvalue weighted by Gasteiger charge is -2.32. The molecule has 0 amide bonds. The summed E-state index contributed by atoms with van der Waals surface area (Å²) in [5, 5.41) is 11.0. The lowest BCUT2D eigenvalue weighted by atomic mass is 9.88. The zero-order valence-electron chi connectivity index (χ0n) is 18.4. The van der Waals surface area contributed by atoms with E-state index in [2.05, 4.69) is 85.1 Å². The second kappa shape index (κ2) is 11.5. The van der Waals surface area contributed by atoms with E-state index in [-0.39, 0.29) is 12.0 Å². The van der Waals surface area contributed by atoms with Gasteiger partial charge in [-0.3, -0.25) is 0 Å². The van der Waals surface area contributed by atoms with Gasteiger partial charge in [0.25, 0.3) is 0 Å². The number of hydrogen-bond donors (Lipinski definition) is 2. The first-order chi connectivity index (χ1) is 15.1. The molecule has 0 aromatic heterocycles. The predicted octanol–water partition coefficient (Wildman–Crippen LogP) is 5.65. The average molecular weight is 415 g/mol. The molecule has 0 aliphatic heterocycles. The average Bonchev–Trinajstić information content (AvgIpc) is 2.82. The number of anilines is 1. The summed E-state index contributed by atoms with van der Waals surface area (Å²) in [6, 6.07) is 29.1. The molecule has 3 N–H and O–H groups in total. The van der Waals surface area contributed by atoms with Crippen LogP contribution in [0.15, 0.2) is 97.6 Å². The van der Waals surface area contributed by atoms with Gasteiger partial charge in [0, 0.05) is 30.7 Å². The van der Waals surface area contributed by atoms with Gasteiger partial charge in [0.15, 0.2) is 0 Å². The molecule has 0 aliphatic carbocycles. The molecule has 162 valence electrons. The van der Waals surface area contributed by atoms with E-state index in [1.54, 1.807) is 0 Å². The van der Waals surface area contributed by atoms with E-state index in [4.69, 9.17) is 5.73 Å². The molecule has 3 rings (SSSR count). The van der Waals surface area contributed by atoms with Crippen LogP contribution >= 0.6 is 0 Å². The van der Waals surface area contributed by atoms with Crippen LogP contribution in [0.5, 0.6) is 0 Å². The van der Waals surface area contributed by atoms with Gasteiger partial charge in [0.2, 0.25) is 0 Å². The Morgan fingerprint density at radius 1 is 0.871 bits per heavy atom. The number of aliphatic hydroxyl groups excluding tert-OH is 1. The first kappa shape index (κ1) is 22.8. The summed E-state index contributed by atoms with van der Waals surface area (Å²) >= 11 is 0. The van der Waals surface area contributed by atoms with E-state index in [1.807, 2.05) is 24.3 Å². The summed E-state index contributed by atoms with van der Waals surface area (Å²) in [4.78, 5) is 2.39. The molecular weight excluding hydrogens is 380 g/mol. The van der Waals surface area contributed by atoms with E-state index >= 15 is 0 Å². The van der Waals surface area contributed by atoms with Crippen LogP contribution < -0.4 is 10.6 Å². The molecule has 0 radical (unpaired) electrons. The number of aliphatic hydroxyl groups is 1. The zero-order chi connectivity index (χ0) is 22.1. The maximum Gasteiger partial charge on any atom is 0.0757 e. The quantitative estimate of drug-likeness (QED) is 0.399. The van der Waals surface area contributed by atoms with Crippen molar-refractivity contribution in [2.24, 2.45) is 5.73 Å². The van der Waals surface area contributed by atoms with Gasteiger partial charge in [-0.1, -0.05) is 91.9 Å². The van der Waals surface area contributed by atoms with E-state index in [1.165, 1.54) is 11.1 Å². The number of para-hydroxylation sites is 1. The van der Waals surface area contributed by atoms with Crippen LogP contribution in [0.3, 0.4) is 0 Å². The van der Waals surface area contributed by atoms with Crippen molar-refractivity contribution in [2.75, 3.05) is 4.90 Å². The van der Waals surface area contributed by atoms with Gasteiger partial charge < -0.3 is 15.7 Å². The third kappa shape index (κ3) is 6.30. The van der Waals surface area contributed by atoms with Gasteiger partial charge >= 0.3 is 0 Å². The minimum atomic E-state index is -0.614. The lowest BCUT2D eigenvalue weighted by Crippen LogP contribution is -2.38. The van der Waals surface area contributed by atoms with Gasteiger partial charge in [0.1, 0.15) is 0 Å². The van der Waals surface area contributed by atoms with Crippen molar-refractivity contribution < 1.29 is 5.11 Å². The molecule has 0 heterocycles. The third-order valence-corrected chi connectivity index (χ3v) is 5.86. The second-order valence-corrected chi connectivity index (χ2v) is 8.20. The maximum atomic E-state index is 11.0. The van der Waals surface area contributed by atoms with Crippen molar-refractivity contribution in [3.05, 3.63) is 114 Å². The fraction of sp³-hybridized carbons (Fsp3) is 0.286. The van der Waals surface area contributed by atoms with Gasteiger partial charge in [-0.05, 0) is 35.6 Å². The van der Waals surface area contributed by atoms with Crippen molar-refractivity contribution in [1.29, 1.82) is 0 Å². The fourth-order valence-electron chi connectivity index (χ4n) is 4.03. The van der Waals surface area contributed by atoms with Gasteiger partial charge in [-0.25, -0.2) is 0 Å². The Kier molecular flexibility index (Phi) is 8.45. The van der Waals surface area contributed by atoms with Crippen LogP contribution in [0.2, 0.25) is 0 Å². The van der Waals surface area contributed by atoms with Crippen LogP contribution in [0, 0.1) is 0 Å². The molecule has 3 nitrogen and oxygen atoms in total. The van der Waals surface area contributed by atoms with Crippen LogP contribution in [-0.4, -0.2) is 17.3 Å². The lowest BCUT2D eigenvalue weighted by molar-refractivity contribution is 0.117. The number of benzene rings is 3. The SMILES string of the molecule is C=CCCC(N)[C@H](O)[C@@H](C)c1ccccc1N(Cc1ccccc1)Cc1ccccc1. The van der Waals surface area contributed by atoms with E-state index in [9.17, 15) is 5.11 Å². The minimum Gasteiger partial charge on any atom is -0.391 e. The molecule has 3 aromatic carbocycles. The highest BCUT2D eigenvalue weighted by Crippen LogP contribution is 2.33. The molecule has 3 atom stereocenters. The number of allylic oxidation sites excluding steroid dienone is 1. The Morgan fingerprint density at radius 2 is 1.39 bits per heavy atom. The summed E-state index contributed by atoms with van der Waals surface area (Å²) < 4.78 is 0. The van der Waals surface area contributed by atoms with Crippen molar-refractivity contribution >= 4 is 5.69 Å². The topological polar surface area (TPSA) is 49.5 Å². The summed E-state index contributed by atoms with van der Waals surface area (Å²) in [7, 11) is 0. The Bertz CT molecular complexity index is 885. The monoisotopic (exact) mass is 414 g/mol. The summed E-state index contributed by atoms with van der Waals surface area (Å²) in [6.45, 7) is 7.42. The molecule has 0 saturated heterocycles. The maximum absolute atomic E-state index is 11.0. The number of nitrogens with two attached hydrogens (primary N) is 1. The highest BCUT2D eigenvalue weighted by atomic mass is 16.3. The van der Waals surface area contributed by atoms with E-state index in [0.29, 0.717) is 0 Å². The largest absolute Gasteiger partial charge is 0.391 e. The van der Waals surface area contributed by atoms with E-state index < -0.39 is 6.10 Å². The Hall–Kier alpha value is -2.88. The molecule has 3 heteroatoms. The molecule has 1 unspecified atom stereocenters. The molecular formula is C28H34N2O. The smallest absolute Gasteiger partial charge is 0.0757 e. The summed E-state index contributed by atoms with van der Waals surface area (Å²) in [6.07, 6.45) is 2.78. The molecule has 0 spiro atoms. The van der Waals surface area contributed by atoms with Gasteiger partial charge in [-0.2, -0.15) is 0 Å². The molecule has 3 aromatic rings. The van der Waals surface area contributed by atoms with Crippen molar-refractivity contribution in [3.8, 4) is 0 Å².